The molecular formula is C19H24N4O5S2. The highest BCUT2D eigenvalue weighted by Gasteiger charge is 2.26. The van der Waals surface area contributed by atoms with E-state index in [1.54, 1.807) is 24.3 Å². The first-order valence-corrected chi connectivity index (χ1v) is 12.4. The molecule has 1 aliphatic heterocycles. The van der Waals surface area contributed by atoms with Crippen LogP contribution in [0.1, 0.15) is 18.4 Å². The number of nitrogens with zero attached hydrogens (tertiary/aromatic N) is 1. The molecule has 0 aliphatic carbocycles. The minimum Gasteiger partial charge on any atom is -0.325 e. The van der Waals surface area contributed by atoms with Gasteiger partial charge in [0.05, 0.1) is 16.3 Å². The van der Waals surface area contributed by atoms with Crippen molar-refractivity contribution in [2.75, 3.05) is 25.0 Å². The summed E-state index contributed by atoms with van der Waals surface area (Å²) in [6.07, 6.45) is 1.74. The van der Waals surface area contributed by atoms with Gasteiger partial charge in [0, 0.05) is 25.3 Å². The number of hydrogen-bond donors (Lipinski definition) is 3. The second-order valence-corrected chi connectivity index (χ2v) is 10.5. The Morgan fingerprint density at radius 2 is 1.47 bits per heavy atom. The lowest BCUT2D eigenvalue weighted by molar-refractivity contribution is -0.115. The minimum absolute atomic E-state index is 0.0270. The summed E-state index contributed by atoms with van der Waals surface area (Å²) in [5, 5.41) is 10.7. The predicted molar refractivity (Wildman–Crippen MR) is 113 cm³/mol. The number of amides is 1. The maximum absolute atomic E-state index is 12.5. The van der Waals surface area contributed by atoms with E-state index < -0.39 is 20.0 Å². The molecule has 162 valence electrons. The van der Waals surface area contributed by atoms with Crippen molar-refractivity contribution in [2.24, 2.45) is 5.14 Å². The molecule has 1 heterocycles. The molecule has 0 spiro atoms. The van der Waals surface area contributed by atoms with E-state index in [4.69, 9.17) is 5.14 Å². The van der Waals surface area contributed by atoms with Gasteiger partial charge in [0.1, 0.15) is 0 Å². The van der Waals surface area contributed by atoms with Gasteiger partial charge >= 0.3 is 0 Å². The van der Waals surface area contributed by atoms with Crippen LogP contribution in [-0.4, -0.2) is 46.7 Å². The number of hydrogen-bond acceptors (Lipinski definition) is 6. The first-order valence-electron chi connectivity index (χ1n) is 9.39. The summed E-state index contributed by atoms with van der Waals surface area (Å²) in [5.41, 5.74) is 1.30. The third-order valence-electron chi connectivity index (χ3n) is 4.71. The molecule has 3 rings (SSSR count). The summed E-state index contributed by atoms with van der Waals surface area (Å²) in [4.78, 5) is 12.3. The molecule has 1 aliphatic rings. The highest BCUT2D eigenvalue weighted by Crippen LogP contribution is 2.22. The van der Waals surface area contributed by atoms with Gasteiger partial charge in [-0.05, 0) is 54.8 Å². The number of sulfonamides is 2. The molecule has 2 aromatic rings. The van der Waals surface area contributed by atoms with Gasteiger partial charge in [0.25, 0.3) is 0 Å². The number of nitrogens with two attached hydrogens (primary N) is 1. The van der Waals surface area contributed by atoms with Gasteiger partial charge < -0.3 is 10.6 Å². The largest absolute Gasteiger partial charge is 0.325 e. The molecule has 1 saturated heterocycles. The fourth-order valence-electron chi connectivity index (χ4n) is 3.11. The van der Waals surface area contributed by atoms with Crippen LogP contribution in [-0.2, 0) is 31.4 Å². The van der Waals surface area contributed by atoms with Crippen LogP contribution in [0.2, 0.25) is 0 Å². The zero-order valence-corrected chi connectivity index (χ0v) is 17.9. The number of rotatable bonds is 8. The van der Waals surface area contributed by atoms with Gasteiger partial charge in [-0.15, -0.1) is 0 Å². The number of benzene rings is 2. The number of carbonyl (C=O) groups excluding carboxylic acids is 1. The van der Waals surface area contributed by atoms with E-state index in [0.717, 1.165) is 18.4 Å². The summed E-state index contributed by atoms with van der Waals surface area (Å²) in [6, 6.07) is 12.1. The van der Waals surface area contributed by atoms with Crippen LogP contribution in [0, 0.1) is 0 Å². The third kappa shape index (κ3) is 5.64. The molecule has 0 bridgehead atoms. The van der Waals surface area contributed by atoms with Crippen LogP contribution in [0.4, 0.5) is 5.69 Å². The molecule has 0 saturated carbocycles. The number of carbonyl (C=O) groups is 1. The van der Waals surface area contributed by atoms with Crippen molar-refractivity contribution in [1.29, 1.82) is 0 Å². The van der Waals surface area contributed by atoms with Gasteiger partial charge in [-0.25, -0.2) is 22.0 Å². The van der Waals surface area contributed by atoms with E-state index in [1.807, 2.05) is 0 Å². The van der Waals surface area contributed by atoms with Gasteiger partial charge in [-0.1, -0.05) is 12.1 Å². The van der Waals surface area contributed by atoms with Crippen molar-refractivity contribution in [3.05, 3.63) is 54.1 Å². The minimum atomic E-state index is -3.73. The number of nitrogens with one attached hydrogen (secondary N) is 2. The molecule has 1 amide bonds. The maximum atomic E-state index is 12.5. The van der Waals surface area contributed by atoms with Crippen LogP contribution < -0.4 is 15.8 Å². The highest BCUT2D eigenvalue weighted by atomic mass is 32.2. The average Bonchev–Trinajstić information content (AvgIpc) is 3.24. The molecule has 0 aromatic heterocycles. The lowest BCUT2D eigenvalue weighted by atomic mass is 10.2. The molecule has 11 heteroatoms. The summed E-state index contributed by atoms with van der Waals surface area (Å²) in [7, 11) is -7.21. The Kier molecular flexibility index (Phi) is 6.88. The van der Waals surface area contributed by atoms with E-state index in [9.17, 15) is 21.6 Å². The Morgan fingerprint density at radius 3 is 2.03 bits per heavy atom. The second-order valence-electron chi connectivity index (χ2n) is 6.98. The lowest BCUT2D eigenvalue weighted by Crippen LogP contribution is -2.28. The maximum Gasteiger partial charge on any atom is 0.243 e. The van der Waals surface area contributed by atoms with E-state index in [-0.39, 0.29) is 22.2 Å². The van der Waals surface area contributed by atoms with Crippen LogP contribution in [0.25, 0.3) is 0 Å². The summed E-state index contributed by atoms with van der Waals surface area (Å²) in [6.45, 7) is 1.48. The van der Waals surface area contributed by atoms with Crippen molar-refractivity contribution in [2.45, 2.75) is 29.2 Å². The quantitative estimate of drug-likeness (QED) is 0.543. The monoisotopic (exact) mass is 452 g/mol. The molecule has 0 unspecified atom stereocenters. The molecule has 4 N–H and O–H groups in total. The van der Waals surface area contributed by atoms with Gasteiger partial charge in [0.15, 0.2) is 0 Å². The van der Waals surface area contributed by atoms with E-state index in [1.165, 1.54) is 28.6 Å². The first-order chi connectivity index (χ1) is 14.2. The first kappa shape index (κ1) is 22.4. The van der Waals surface area contributed by atoms with Gasteiger partial charge in [0.2, 0.25) is 26.0 Å². The summed E-state index contributed by atoms with van der Waals surface area (Å²) < 4.78 is 49.0. The van der Waals surface area contributed by atoms with Crippen LogP contribution in [0.5, 0.6) is 0 Å². The van der Waals surface area contributed by atoms with E-state index in [0.29, 0.717) is 25.3 Å². The van der Waals surface area contributed by atoms with Crippen LogP contribution in [0.15, 0.2) is 58.3 Å². The topological polar surface area (TPSA) is 139 Å². The molecule has 30 heavy (non-hydrogen) atoms. The van der Waals surface area contributed by atoms with Gasteiger partial charge in [-0.2, -0.15) is 4.31 Å². The van der Waals surface area contributed by atoms with Crippen molar-refractivity contribution in [3.63, 3.8) is 0 Å². The fourth-order valence-corrected chi connectivity index (χ4v) is 5.14. The number of anilines is 1. The molecule has 9 nitrogen and oxygen atoms in total. The predicted octanol–water partition coefficient (Wildman–Crippen LogP) is 0.847. The molecule has 1 fully saturated rings. The zero-order valence-electron chi connectivity index (χ0n) is 16.2. The average molecular weight is 453 g/mol. The Bertz CT molecular complexity index is 1090. The zero-order chi connectivity index (χ0) is 21.8. The van der Waals surface area contributed by atoms with Crippen molar-refractivity contribution in [3.8, 4) is 0 Å². The SMILES string of the molecule is NS(=O)(=O)c1ccc(CNCC(=O)Nc2ccc(S(=O)(=O)N3CCCC3)cc2)cc1. The Hall–Kier alpha value is -2.31. The standard InChI is InChI=1S/C19H24N4O5S2/c20-29(25,26)17-7-3-15(4-8-17)13-21-14-19(24)22-16-5-9-18(10-6-16)30(27,28)23-11-1-2-12-23/h3-10,21H,1-2,11-14H2,(H,22,24)(H2,20,25,26). The normalized spacial score (nSPS) is 15.2. The van der Waals surface area contributed by atoms with Crippen molar-refractivity contribution in [1.82, 2.24) is 9.62 Å². The van der Waals surface area contributed by atoms with Crippen molar-refractivity contribution >= 4 is 31.6 Å². The van der Waals surface area contributed by atoms with Crippen LogP contribution >= 0.6 is 0 Å². The van der Waals surface area contributed by atoms with Crippen LogP contribution in [0.3, 0.4) is 0 Å². The Balaban J connectivity index is 1.49. The Labute approximate surface area is 176 Å². The van der Waals surface area contributed by atoms with Gasteiger partial charge in [-0.3, -0.25) is 4.79 Å². The Morgan fingerprint density at radius 1 is 0.900 bits per heavy atom. The molecular weight excluding hydrogens is 428 g/mol. The lowest BCUT2D eigenvalue weighted by Gasteiger charge is -2.15. The fraction of sp³-hybridized carbons (Fsp3) is 0.316. The summed E-state index contributed by atoms with van der Waals surface area (Å²) >= 11 is 0. The molecule has 0 atom stereocenters. The summed E-state index contributed by atoms with van der Waals surface area (Å²) in [5.74, 6) is -0.286. The van der Waals surface area contributed by atoms with E-state index in [2.05, 4.69) is 10.6 Å². The second kappa shape index (κ2) is 9.23. The molecule has 0 radical (unpaired) electrons. The molecule has 2 aromatic carbocycles. The van der Waals surface area contributed by atoms with E-state index >= 15 is 0 Å². The third-order valence-corrected chi connectivity index (χ3v) is 7.55. The number of primary sulfonamides is 1. The highest BCUT2D eigenvalue weighted by molar-refractivity contribution is 7.89. The van der Waals surface area contributed by atoms with Crippen molar-refractivity contribution < 1.29 is 21.6 Å². The smallest absolute Gasteiger partial charge is 0.243 e.